The number of carbonyl (C=O) groups excluding carboxylic acids is 2. The molecule has 0 amide bonds. The molecule has 2 saturated carbocycles. The Kier molecular flexibility index (Phi) is 22.3. The highest BCUT2D eigenvalue weighted by Crippen LogP contribution is 2.43. The summed E-state index contributed by atoms with van der Waals surface area (Å²) in [4.78, 5) is 24.4. The second-order valence-electron chi connectivity index (χ2n) is 14.2. The van der Waals surface area contributed by atoms with Gasteiger partial charge in [0.15, 0.2) is 0 Å². The molecular weight excluding hydrogens is 536 g/mol. The number of unbranched alkanes of at least 4 members (excludes halogenated alkanes) is 12. The van der Waals surface area contributed by atoms with E-state index in [1.165, 1.54) is 77.0 Å². The van der Waals surface area contributed by atoms with Crippen LogP contribution >= 0.6 is 0 Å². The van der Waals surface area contributed by atoms with Crippen molar-refractivity contribution in [3.63, 3.8) is 0 Å². The van der Waals surface area contributed by atoms with Gasteiger partial charge in [-0.25, -0.2) is 0 Å². The second-order valence-corrected chi connectivity index (χ2v) is 14.2. The maximum absolute atomic E-state index is 12.2. The van der Waals surface area contributed by atoms with Crippen LogP contribution in [-0.2, 0) is 19.1 Å². The molecule has 252 valence electrons. The lowest BCUT2D eigenvalue weighted by Gasteiger charge is -2.21. The highest BCUT2D eigenvalue weighted by atomic mass is 16.5. The van der Waals surface area contributed by atoms with E-state index in [-0.39, 0.29) is 24.1 Å². The molecule has 5 nitrogen and oxygen atoms in total. The van der Waals surface area contributed by atoms with E-state index < -0.39 is 0 Å². The van der Waals surface area contributed by atoms with Gasteiger partial charge in [-0.3, -0.25) is 9.59 Å². The summed E-state index contributed by atoms with van der Waals surface area (Å²) in [6, 6.07) is 0. The summed E-state index contributed by atoms with van der Waals surface area (Å²) < 4.78 is 11.4. The van der Waals surface area contributed by atoms with E-state index in [1.807, 2.05) is 0 Å². The largest absolute Gasteiger partial charge is 0.466 e. The molecule has 0 saturated heterocycles. The number of esters is 2. The fourth-order valence-electron chi connectivity index (χ4n) is 7.49. The predicted molar refractivity (Wildman–Crippen MR) is 178 cm³/mol. The molecule has 2 aliphatic rings. The van der Waals surface area contributed by atoms with Gasteiger partial charge in [-0.1, -0.05) is 129 Å². The molecule has 2 rings (SSSR count). The average molecular weight is 607 g/mol. The summed E-state index contributed by atoms with van der Waals surface area (Å²) in [5.74, 6) is 2.15. The Bertz CT molecular complexity index is 684. The van der Waals surface area contributed by atoms with E-state index in [0.29, 0.717) is 31.3 Å². The summed E-state index contributed by atoms with van der Waals surface area (Å²) in [6.45, 7) is 5.10. The molecule has 2 bridgehead atoms. The Hall–Kier alpha value is -1.10. The van der Waals surface area contributed by atoms with Crippen LogP contribution < -0.4 is 0 Å². The molecule has 2 aliphatic carbocycles. The third-order valence-corrected chi connectivity index (χ3v) is 10.3. The van der Waals surface area contributed by atoms with Gasteiger partial charge in [-0.2, -0.15) is 0 Å². The number of hydrogen-bond donors (Lipinski definition) is 1. The van der Waals surface area contributed by atoms with Crippen LogP contribution in [0.2, 0.25) is 0 Å². The topological polar surface area (TPSA) is 72.8 Å². The van der Waals surface area contributed by atoms with E-state index in [0.717, 1.165) is 95.8 Å². The zero-order chi connectivity index (χ0) is 31.0. The minimum absolute atomic E-state index is 0.0163. The molecule has 2 fully saturated rings. The smallest absolute Gasteiger partial charge is 0.306 e. The summed E-state index contributed by atoms with van der Waals surface area (Å²) in [6.07, 6.45) is 31.2. The Labute approximate surface area is 266 Å². The molecular formula is C38H70O5. The number of rotatable bonds is 28. The first-order valence-corrected chi connectivity index (χ1v) is 19.0. The van der Waals surface area contributed by atoms with Crippen LogP contribution in [0, 0.1) is 17.8 Å². The molecule has 1 N–H and O–H groups in total. The molecule has 0 aromatic heterocycles. The van der Waals surface area contributed by atoms with Crippen molar-refractivity contribution in [2.24, 2.45) is 17.8 Å². The molecule has 4 atom stereocenters. The van der Waals surface area contributed by atoms with E-state index in [9.17, 15) is 14.7 Å². The van der Waals surface area contributed by atoms with Crippen molar-refractivity contribution in [2.75, 3.05) is 6.61 Å². The minimum Gasteiger partial charge on any atom is -0.466 e. The first kappa shape index (κ1) is 38.1. The van der Waals surface area contributed by atoms with Gasteiger partial charge >= 0.3 is 11.9 Å². The number of fused-ring (bicyclic) bond motifs is 2. The second kappa shape index (κ2) is 25.1. The first-order valence-electron chi connectivity index (χ1n) is 19.0. The van der Waals surface area contributed by atoms with E-state index in [1.54, 1.807) is 0 Å². The number of carbonyl (C=O) groups is 2. The molecule has 0 aromatic carbocycles. The maximum atomic E-state index is 12.2. The minimum atomic E-state index is -0.191. The van der Waals surface area contributed by atoms with Gasteiger partial charge in [0.2, 0.25) is 0 Å². The van der Waals surface area contributed by atoms with Gasteiger partial charge in [0, 0.05) is 12.8 Å². The average Bonchev–Trinajstić information content (AvgIpc) is 3.26. The van der Waals surface area contributed by atoms with Crippen molar-refractivity contribution >= 4 is 11.9 Å². The van der Waals surface area contributed by atoms with Crippen molar-refractivity contribution < 1.29 is 24.2 Å². The highest BCUT2D eigenvalue weighted by Gasteiger charge is 2.39. The van der Waals surface area contributed by atoms with Gasteiger partial charge < -0.3 is 14.6 Å². The van der Waals surface area contributed by atoms with Crippen LogP contribution in [-0.4, -0.2) is 35.9 Å². The molecule has 0 spiro atoms. The number of hydrogen-bond acceptors (Lipinski definition) is 5. The summed E-state index contributed by atoms with van der Waals surface area (Å²) in [5, 5.41) is 10.3. The standard InChI is InChI=1S/C38H70O5/c1-3-5-13-20-32(21-14-6-4-2)28-29-42-37(40)26-17-11-7-9-15-24-35(39)25-16-10-8-12-18-27-38(41)43-36-31-33-22-19-23-34(36)30-33/h32-36,39H,3-31H2,1-2H3/t33-,34+,35?,36?/m1/s1. The Balaban J connectivity index is 1.33. The van der Waals surface area contributed by atoms with Crippen molar-refractivity contribution in [2.45, 2.75) is 206 Å². The number of aliphatic hydroxyl groups is 1. The molecule has 0 heterocycles. The summed E-state index contributed by atoms with van der Waals surface area (Å²) in [7, 11) is 0. The van der Waals surface area contributed by atoms with E-state index in [2.05, 4.69) is 13.8 Å². The molecule has 43 heavy (non-hydrogen) atoms. The highest BCUT2D eigenvalue weighted by molar-refractivity contribution is 5.69. The van der Waals surface area contributed by atoms with Crippen LogP contribution in [0.5, 0.6) is 0 Å². The quantitative estimate of drug-likeness (QED) is 0.0708. The maximum Gasteiger partial charge on any atom is 0.306 e. The lowest BCUT2D eigenvalue weighted by molar-refractivity contribution is -0.151. The lowest BCUT2D eigenvalue weighted by atomic mass is 9.89. The fourth-order valence-corrected chi connectivity index (χ4v) is 7.49. The van der Waals surface area contributed by atoms with Crippen molar-refractivity contribution in [3.05, 3.63) is 0 Å². The van der Waals surface area contributed by atoms with Gasteiger partial charge in [0.25, 0.3) is 0 Å². The normalized spacial score (nSPS) is 20.4. The van der Waals surface area contributed by atoms with Gasteiger partial charge in [0.1, 0.15) is 6.10 Å². The SMILES string of the molecule is CCCCCC(CCCCC)CCOC(=O)CCCCCCCC(O)CCCCCCCC(=O)OC1C[C@@H]2CCC[C@H]1C2. The molecule has 0 radical (unpaired) electrons. The monoisotopic (exact) mass is 607 g/mol. The van der Waals surface area contributed by atoms with E-state index in [4.69, 9.17) is 9.47 Å². The van der Waals surface area contributed by atoms with Crippen LogP contribution in [0.1, 0.15) is 194 Å². The van der Waals surface area contributed by atoms with Crippen molar-refractivity contribution in [1.82, 2.24) is 0 Å². The zero-order valence-corrected chi connectivity index (χ0v) is 28.5. The van der Waals surface area contributed by atoms with Crippen LogP contribution in [0.3, 0.4) is 0 Å². The molecule has 0 aliphatic heterocycles. The Morgan fingerprint density at radius 1 is 0.651 bits per heavy atom. The predicted octanol–water partition coefficient (Wildman–Crippen LogP) is 10.6. The number of aliphatic hydroxyl groups excluding tert-OH is 1. The van der Waals surface area contributed by atoms with Crippen LogP contribution in [0.25, 0.3) is 0 Å². The van der Waals surface area contributed by atoms with Gasteiger partial charge in [-0.15, -0.1) is 0 Å². The molecule has 0 aromatic rings. The summed E-state index contributed by atoms with van der Waals surface area (Å²) >= 11 is 0. The Morgan fingerprint density at radius 3 is 1.81 bits per heavy atom. The van der Waals surface area contributed by atoms with E-state index >= 15 is 0 Å². The number of ether oxygens (including phenoxy) is 2. The van der Waals surface area contributed by atoms with Crippen molar-refractivity contribution in [1.29, 1.82) is 0 Å². The third kappa shape index (κ3) is 19.1. The van der Waals surface area contributed by atoms with Crippen molar-refractivity contribution in [3.8, 4) is 0 Å². The molecule has 5 heteroatoms. The molecule has 2 unspecified atom stereocenters. The van der Waals surface area contributed by atoms with Crippen LogP contribution in [0.4, 0.5) is 0 Å². The first-order chi connectivity index (χ1) is 21.0. The third-order valence-electron chi connectivity index (χ3n) is 10.3. The van der Waals surface area contributed by atoms with Crippen LogP contribution in [0.15, 0.2) is 0 Å². The van der Waals surface area contributed by atoms with Gasteiger partial charge in [0.05, 0.1) is 12.7 Å². The van der Waals surface area contributed by atoms with Gasteiger partial charge in [-0.05, 0) is 69.1 Å². The Morgan fingerprint density at radius 2 is 1.21 bits per heavy atom. The fraction of sp³-hybridized carbons (Fsp3) is 0.947. The summed E-state index contributed by atoms with van der Waals surface area (Å²) in [5.41, 5.74) is 0. The zero-order valence-electron chi connectivity index (χ0n) is 28.5. The lowest BCUT2D eigenvalue weighted by Crippen LogP contribution is -2.21.